The van der Waals surface area contributed by atoms with Crippen LogP contribution in [0.2, 0.25) is 5.02 Å². The molecule has 0 fully saturated rings. The number of nitrogens with two attached hydrogens (primary N) is 1. The maximum Gasteiger partial charge on any atom is 0.0408 e. The molecule has 0 radical (unpaired) electrons. The number of rotatable bonds is 5. The molecule has 0 aliphatic rings. The zero-order chi connectivity index (χ0) is 13.7. The maximum absolute atomic E-state index is 6.19. The highest BCUT2D eigenvalue weighted by molar-refractivity contribution is 6.30. The van der Waals surface area contributed by atoms with Gasteiger partial charge in [-0.05, 0) is 49.4 Å². The molecule has 0 saturated carbocycles. The van der Waals surface area contributed by atoms with Crippen LogP contribution in [0.1, 0.15) is 23.1 Å². The summed E-state index contributed by atoms with van der Waals surface area (Å²) in [6.45, 7) is 2.11. The molecule has 19 heavy (non-hydrogen) atoms. The summed E-state index contributed by atoms with van der Waals surface area (Å²) in [4.78, 5) is 0. The molecule has 2 N–H and O–H groups in total. The Balaban J connectivity index is 1.84. The fourth-order valence-electron chi connectivity index (χ4n) is 2.18. The Hall–Kier alpha value is -1.31. The normalized spacial score (nSPS) is 12.4. The third-order valence-corrected chi connectivity index (χ3v) is 3.55. The van der Waals surface area contributed by atoms with Crippen molar-refractivity contribution in [2.24, 2.45) is 5.73 Å². The molecule has 0 heterocycles. The van der Waals surface area contributed by atoms with E-state index in [1.54, 1.807) is 0 Å². The first kappa shape index (κ1) is 14.1. The summed E-state index contributed by atoms with van der Waals surface area (Å²) in [6.07, 6.45) is 2.91. The smallest absolute Gasteiger partial charge is 0.0408 e. The van der Waals surface area contributed by atoms with E-state index in [0.29, 0.717) is 0 Å². The monoisotopic (exact) mass is 273 g/mol. The highest BCUT2D eigenvalue weighted by Crippen LogP contribution is 2.14. The minimum absolute atomic E-state index is 0.180. The van der Waals surface area contributed by atoms with Gasteiger partial charge in [0.2, 0.25) is 0 Å². The van der Waals surface area contributed by atoms with Gasteiger partial charge in [-0.25, -0.2) is 0 Å². The fraction of sp³-hybridized carbons (Fsp3) is 0.294. The highest BCUT2D eigenvalue weighted by Gasteiger charge is 2.05. The second kappa shape index (κ2) is 6.74. The standard InChI is InChI=1S/C17H20ClN/c1-13-5-7-14(8-6-13)9-10-17(19)12-15-3-2-4-16(18)11-15/h2-8,11,17H,9-10,12,19H2,1H3. The first-order valence-electron chi connectivity index (χ1n) is 6.69. The molecule has 0 aromatic heterocycles. The molecule has 2 heteroatoms. The lowest BCUT2D eigenvalue weighted by molar-refractivity contribution is 0.610. The molecule has 0 aliphatic carbocycles. The molecule has 0 spiro atoms. The van der Waals surface area contributed by atoms with Crippen LogP contribution in [0, 0.1) is 6.92 Å². The van der Waals surface area contributed by atoms with Gasteiger partial charge in [0, 0.05) is 11.1 Å². The minimum atomic E-state index is 0.180. The molecule has 2 rings (SSSR count). The van der Waals surface area contributed by atoms with E-state index in [9.17, 15) is 0 Å². The molecule has 0 saturated heterocycles. The van der Waals surface area contributed by atoms with Crippen LogP contribution in [0.4, 0.5) is 0 Å². The predicted molar refractivity (Wildman–Crippen MR) is 82.6 cm³/mol. The Bertz CT molecular complexity index is 519. The van der Waals surface area contributed by atoms with Crippen LogP contribution >= 0.6 is 11.6 Å². The van der Waals surface area contributed by atoms with Crippen molar-refractivity contribution < 1.29 is 0 Å². The van der Waals surface area contributed by atoms with Crippen LogP contribution in [-0.2, 0) is 12.8 Å². The molecule has 2 aromatic carbocycles. The van der Waals surface area contributed by atoms with Gasteiger partial charge >= 0.3 is 0 Å². The van der Waals surface area contributed by atoms with E-state index < -0.39 is 0 Å². The summed E-state index contributed by atoms with van der Waals surface area (Å²) in [5.74, 6) is 0. The van der Waals surface area contributed by atoms with Gasteiger partial charge in [0.15, 0.2) is 0 Å². The van der Waals surface area contributed by atoms with Crippen LogP contribution in [0.5, 0.6) is 0 Å². The van der Waals surface area contributed by atoms with Gasteiger partial charge in [0.25, 0.3) is 0 Å². The van der Waals surface area contributed by atoms with Crippen molar-refractivity contribution in [3.8, 4) is 0 Å². The van der Waals surface area contributed by atoms with E-state index in [4.69, 9.17) is 17.3 Å². The maximum atomic E-state index is 6.19. The van der Waals surface area contributed by atoms with Crippen molar-refractivity contribution in [1.29, 1.82) is 0 Å². The summed E-state index contributed by atoms with van der Waals surface area (Å²) in [5.41, 5.74) is 10.1. The fourth-order valence-corrected chi connectivity index (χ4v) is 2.39. The van der Waals surface area contributed by atoms with Gasteiger partial charge in [-0.2, -0.15) is 0 Å². The van der Waals surface area contributed by atoms with Gasteiger partial charge in [-0.3, -0.25) is 0 Å². The van der Waals surface area contributed by atoms with E-state index in [2.05, 4.69) is 37.3 Å². The molecule has 100 valence electrons. The Morgan fingerprint density at radius 1 is 1.05 bits per heavy atom. The van der Waals surface area contributed by atoms with Crippen LogP contribution < -0.4 is 5.73 Å². The number of hydrogen-bond acceptors (Lipinski definition) is 1. The van der Waals surface area contributed by atoms with Crippen molar-refractivity contribution in [2.45, 2.75) is 32.2 Å². The summed E-state index contributed by atoms with van der Waals surface area (Å²) < 4.78 is 0. The summed E-state index contributed by atoms with van der Waals surface area (Å²) in [5, 5.41) is 0.781. The van der Waals surface area contributed by atoms with Gasteiger partial charge in [-0.1, -0.05) is 53.6 Å². The number of benzene rings is 2. The lowest BCUT2D eigenvalue weighted by atomic mass is 9.99. The molecule has 1 nitrogen and oxygen atoms in total. The van der Waals surface area contributed by atoms with E-state index in [1.165, 1.54) is 16.7 Å². The molecular formula is C17H20ClN. The quantitative estimate of drug-likeness (QED) is 0.870. The molecule has 0 aliphatic heterocycles. The van der Waals surface area contributed by atoms with Crippen molar-refractivity contribution in [1.82, 2.24) is 0 Å². The molecular weight excluding hydrogens is 254 g/mol. The average Bonchev–Trinajstić information content (AvgIpc) is 2.38. The lowest BCUT2D eigenvalue weighted by Crippen LogP contribution is -2.23. The van der Waals surface area contributed by atoms with Crippen LogP contribution in [0.25, 0.3) is 0 Å². The van der Waals surface area contributed by atoms with E-state index >= 15 is 0 Å². The zero-order valence-electron chi connectivity index (χ0n) is 11.3. The zero-order valence-corrected chi connectivity index (χ0v) is 12.0. The first-order chi connectivity index (χ1) is 9.13. The Morgan fingerprint density at radius 3 is 2.47 bits per heavy atom. The Kier molecular flexibility index (Phi) is 5.00. The summed E-state index contributed by atoms with van der Waals surface area (Å²) in [6, 6.07) is 16.8. The largest absolute Gasteiger partial charge is 0.327 e. The topological polar surface area (TPSA) is 26.0 Å². The van der Waals surface area contributed by atoms with Crippen LogP contribution in [0.3, 0.4) is 0 Å². The van der Waals surface area contributed by atoms with Gasteiger partial charge in [0.1, 0.15) is 0 Å². The summed E-state index contributed by atoms with van der Waals surface area (Å²) in [7, 11) is 0. The molecule has 0 bridgehead atoms. The van der Waals surface area contributed by atoms with Crippen molar-refractivity contribution >= 4 is 11.6 Å². The second-order valence-electron chi connectivity index (χ2n) is 5.12. The van der Waals surface area contributed by atoms with Crippen LogP contribution in [-0.4, -0.2) is 6.04 Å². The van der Waals surface area contributed by atoms with Gasteiger partial charge < -0.3 is 5.73 Å². The second-order valence-corrected chi connectivity index (χ2v) is 5.55. The number of halogens is 1. The molecule has 1 atom stereocenters. The SMILES string of the molecule is Cc1ccc(CCC(N)Cc2cccc(Cl)c2)cc1. The van der Waals surface area contributed by atoms with Gasteiger partial charge in [0.05, 0.1) is 0 Å². The van der Waals surface area contributed by atoms with Crippen molar-refractivity contribution in [2.75, 3.05) is 0 Å². The molecule has 2 aromatic rings. The van der Waals surface area contributed by atoms with E-state index in [0.717, 1.165) is 24.3 Å². The minimum Gasteiger partial charge on any atom is -0.327 e. The first-order valence-corrected chi connectivity index (χ1v) is 7.07. The third-order valence-electron chi connectivity index (χ3n) is 3.31. The Morgan fingerprint density at radius 2 is 1.79 bits per heavy atom. The van der Waals surface area contributed by atoms with E-state index in [1.807, 2.05) is 18.2 Å². The lowest BCUT2D eigenvalue weighted by Gasteiger charge is -2.12. The molecule has 1 unspecified atom stereocenters. The third kappa shape index (κ3) is 4.70. The molecule has 0 amide bonds. The van der Waals surface area contributed by atoms with Crippen molar-refractivity contribution in [3.63, 3.8) is 0 Å². The van der Waals surface area contributed by atoms with Gasteiger partial charge in [-0.15, -0.1) is 0 Å². The van der Waals surface area contributed by atoms with Crippen molar-refractivity contribution in [3.05, 3.63) is 70.2 Å². The highest BCUT2D eigenvalue weighted by atomic mass is 35.5. The average molecular weight is 274 g/mol. The van der Waals surface area contributed by atoms with E-state index in [-0.39, 0.29) is 6.04 Å². The number of aryl methyl sites for hydroxylation is 2. The number of hydrogen-bond donors (Lipinski definition) is 1. The summed E-state index contributed by atoms with van der Waals surface area (Å²) >= 11 is 5.98. The predicted octanol–water partition coefficient (Wildman–Crippen LogP) is 4.15. The Labute approximate surface area is 120 Å². The van der Waals surface area contributed by atoms with Crippen LogP contribution in [0.15, 0.2) is 48.5 Å².